The summed E-state index contributed by atoms with van der Waals surface area (Å²) in [6.07, 6.45) is 12.5. The highest BCUT2D eigenvalue weighted by Crippen LogP contribution is 2.38. The van der Waals surface area contributed by atoms with Crippen LogP contribution in [0.5, 0.6) is 0 Å². The van der Waals surface area contributed by atoms with Crippen LogP contribution < -0.4 is 0 Å². The Labute approximate surface area is 162 Å². The van der Waals surface area contributed by atoms with Crippen molar-refractivity contribution in [2.75, 3.05) is 19.8 Å². The summed E-state index contributed by atoms with van der Waals surface area (Å²) in [5.41, 5.74) is 2.09. The van der Waals surface area contributed by atoms with E-state index in [0.717, 1.165) is 18.4 Å². The maximum atomic E-state index is 8.93. The molecule has 1 heterocycles. The molecule has 1 aromatic rings. The predicted molar refractivity (Wildman–Crippen MR) is 105 cm³/mol. The minimum Gasteiger partial charge on any atom is -0.370 e. The van der Waals surface area contributed by atoms with Crippen LogP contribution >= 0.6 is 0 Å². The van der Waals surface area contributed by atoms with Crippen LogP contribution in [0.3, 0.4) is 0 Å². The van der Waals surface area contributed by atoms with Crippen LogP contribution in [-0.2, 0) is 14.2 Å². The average molecular weight is 367 g/mol. The number of hydrogen-bond acceptors (Lipinski definition) is 4. The molecule has 1 aromatic carbocycles. The number of rotatable bonds is 6. The van der Waals surface area contributed by atoms with Gasteiger partial charge in [0.1, 0.15) is 0 Å². The largest absolute Gasteiger partial charge is 0.370 e. The zero-order chi connectivity index (χ0) is 18.9. The lowest BCUT2D eigenvalue weighted by Gasteiger charge is -2.37. The van der Waals surface area contributed by atoms with Gasteiger partial charge >= 0.3 is 0 Å². The van der Waals surface area contributed by atoms with Gasteiger partial charge in [-0.25, -0.2) is 0 Å². The smallest absolute Gasteiger partial charge is 0.181 e. The molecule has 0 amide bonds. The van der Waals surface area contributed by atoms with E-state index in [4.69, 9.17) is 19.5 Å². The van der Waals surface area contributed by atoms with Crippen LogP contribution in [0, 0.1) is 17.2 Å². The summed E-state index contributed by atoms with van der Waals surface area (Å²) in [4.78, 5) is 0. The van der Waals surface area contributed by atoms with Crippen LogP contribution in [0.15, 0.2) is 48.6 Å². The van der Waals surface area contributed by atoms with Crippen LogP contribution in [0.4, 0.5) is 0 Å². The number of hydrogen-bond donors (Lipinski definition) is 0. The fourth-order valence-electron chi connectivity index (χ4n) is 3.93. The molecule has 0 bridgehead atoms. The monoisotopic (exact) mass is 367 g/mol. The van der Waals surface area contributed by atoms with Gasteiger partial charge in [-0.1, -0.05) is 36.4 Å². The van der Waals surface area contributed by atoms with E-state index in [-0.39, 0.29) is 12.4 Å². The van der Waals surface area contributed by atoms with E-state index in [0.29, 0.717) is 31.7 Å². The Kier molecular flexibility index (Phi) is 7.65. The third kappa shape index (κ3) is 5.77. The molecule has 2 aliphatic rings. The van der Waals surface area contributed by atoms with Crippen LogP contribution in [0.25, 0.3) is 0 Å². The minimum atomic E-state index is -0.258. The molecule has 0 spiro atoms. The van der Waals surface area contributed by atoms with Gasteiger partial charge in [-0.3, -0.25) is 0 Å². The summed E-state index contributed by atoms with van der Waals surface area (Å²) >= 11 is 0. The van der Waals surface area contributed by atoms with Gasteiger partial charge < -0.3 is 14.2 Å². The van der Waals surface area contributed by atoms with E-state index in [9.17, 15) is 0 Å². The molecule has 144 valence electrons. The summed E-state index contributed by atoms with van der Waals surface area (Å²) in [6, 6.07) is 10.2. The fraction of sp³-hybridized carbons (Fsp3) is 0.522. The Morgan fingerprint density at radius 2 is 1.85 bits per heavy atom. The minimum absolute atomic E-state index is 0.185. The second-order valence-corrected chi connectivity index (χ2v) is 7.27. The molecule has 0 radical (unpaired) electrons. The maximum absolute atomic E-state index is 8.93. The van der Waals surface area contributed by atoms with Crippen molar-refractivity contribution in [1.29, 1.82) is 5.26 Å². The lowest BCUT2D eigenvalue weighted by Crippen LogP contribution is -2.42. The second kappa shape index (κ2) is 10.4. The first-order valence-corrected chi connectivity index (χ1v) is 9.93. The molecular weight excluding hydrogens is 338 g/mol. The molecule has 2 atom stereocenters. The zero-order valence-corrected chi connectivity index (χ0v) is 16.0. The first-order valence-electron chi connectivity index (χ1n) is 9.93. The third-order valence-electron chi connectivity index (χ3n) is 5.52. The Bertz CT molecular complexity index is 658. The highest BCUT2D eigenvalue weighted by Gasteiger charge is 2.32. The van der Waals surface area contributed by atoms with Crippen molar-refractivity contribution < 1.29 is 14.2 Å². The van der Waals surface area contributed by atoms with Crippen molar-refractivity contribution in [1.82, 2.24) is 0 Å². The molecule has 1 saturated heterocycles. The Morgan fingerprint density at radius 3 is 2.48 bits per heavy atom. The molecule has 1 aliphatic carbocycles. The average Bonchev–Trinajstić information content (AvgIpc) is 2.74. The summed E-state index contributed by atoms with van der Waals surface area (Å²) < 4.78 is 17.6. The zero-order valence-electron chi connectivity index (χ0n) is 16.0. The summed E-state index contributed by atoms with van der Waals surface area (Å²) in [6.45, 7) is 3.66. The van der Waals surface area contributed by atoms with Crippen molar-refractivity contribution in [3.05, 3.63) is 59.7 Å². The van der Waals surface area contributed by atoms with Gasteiger partial charge in [-0.15, -0.1) is 0 Å². The van der Waals surface area contributed by atoms with Gasteiger partial charge in [-0.2, -0.15) is 5.26 Å². The molecule has 0 unspecified atom stereocenters. The standard InChI is InChI=1S/C23H29NO3/c1-2-3-4-5-14-25-23-17-26-22(16-27-23)21-12-10-20(11-13-21)19-8-6-18(15-24)7-9-19/h2-9,20-23H,10-14,16-17H2,1H3/b3-2+,5-4+/t20?,21?,22-,23+/m0/s1. The van der Waals surface area contributed by atoms with E-state index in [2.05, 4.69) is 18.2 Å². The van der Waals surface area contributed by atoms with Gasteiger partial charge in [0.15, 0.2) is 6.29 Å². The van der Waals surface area contributed by atoms with E-state index in [1.54, 1.807) is 0 Å². The van der Waals surface area contributed by atoms with Gasteiger partial charge in [-0.05, 0) is 62.1 Å². The Balaban J connectivity index is 1.38. The summed E-state index contributed by atoms with van der Waals surface area (Å²) in [7, 11) is 0. The van der Waals surface area contributed by atoms with E-state index >= 15 is 0 Å². The van der Waals surface area contributed by atoms with Crippen molar-refractivity contribution in [2.45, 2.75) is 50.9 Å². The van der Waals surface area contributed by atoms with Crippen molar-refractivity contribution >= 4 is 0 Å². The number of nitrogens with zero attached hydrogens (tertiary/aromatic N) is 1. The molecule has 0 aromatic heterocycles. The summed E-state index contributed by atoms with van der Waals surface area (Å²) in [5, 5.41) is 8.93. The summed E-state index contributed by atoms with van der Waals surface area (Å²) in [5.74, 6) is 1.16. The van der Waals surface area contributed by atoms with Gasteiger partial charge in [0.25, 0.3) is 0 Å². The third-order valence-corrected chi connectivity index (χ3v) is 5.52. The maximum Gasteiger partial charge on any atom is 0.181 e. The van der Waals surface area contributed by atoms with Crippen molar-refractivity contribution in [3.63, 3.8) is 0 Å². The lowest BCUT2D eigenvalue weighted by molar-refractivity contribution is -0.240. The van der Waals surface area contributed by atoms with Crippen molar-refractivity contribution in [3.8, 4) is 6.07 Å². The number of nitriles is 1. The molecule has 27 heavy (non-hydrogen) atoms. The number of ether oxygens (including phenoxy) is 3. The number of benzene rings is 1. The van der Waals surface area contributed by atoms with Crippen LogP contribution in [0.1, 0.15) is 49.7 Å². The van der Waals surface area contributed by atoms with Gasteiger partial charge in [0.2, 0.25) is 0 Å². The Hall–Kier alpha value is -1.93. The highest BCUT2D eigenvalue weighted by atomic mass is 16.7. The number of allylic oxidation sites excluding steroid dienone is 3. The van der Waals surface area contributed by atoms with E-state index < -0.39 is 0 Å². The normalized spacial score (nSPS) is 29.2. The van der Waals surface area contributed by atoms with Gasteiger partial charge in [0.05, 0.1) is 37.6 Å². The molecule has 0 N–H and O–H groups in total. The molecule has 2 fully saturated rings. The van der Waals surface area contributed by atoms with E-state index in [1.807, 2.05) is 43.4 Å². The lowest BCUT2D eigenvalue weighted by atomic mass is 9.76. The van der Waals surface area contributed by atoms with Crippen LogP contribution in [0.2, 0.25) is 0 Å². The van der Waals surface area contributed by atoms with Crippen molar-refractivity contribution in [2.24, 2.45) is 5.92 Å². The molecule has 1 aliphatic heterocycles. The molecule has 3 rings (SSSR count). The van der Waals surface area contributed by atoms with E-state index in [1.165, 1.54) is 18.4 Å². The second-order valence-electron chi connectivity index (χ2n) is 7.27. The molecule has 1 saturated carbocycles. The van der Waals surface area contributed by atoms with Crippen LogP contribution in [-0.4, -0.2) is 32.2 Å². The highest BCUT2D eigenvalue weighted by molar-refractivity contribution is 5.33. The first kappa shape index (κ1) is 19.8. The fourth-order valence-corrected chi connectivity index (χ4v) is 3.93. The quantitative estimate of drug-likeness (QED) is 0.683. The topological polar surface area (TPSA) is 51.5 Å². The molecule has 4 heteroatoms. The molecular formula is C23H29NO3. The van der Waals surface area contributed by atoms with Gasteiger partial charge in [0, 0.05) is 0 Å². The molecule has 4 nitrogen and oxygen atoms in total. The predicted octanol–water partition coefficient (Wildman–Crippen LogP) is 4.72. The first-order chi connectivity index (χ1) is 13.3. The Morgan fingerprint density at radius 1 is 1.07 bits per heavy atom. The SMILES string of the molecule is C/C=C/C=C/CO[C@H]1CO[C@H](C2CCC(c3ccc(C#N)cc3)CC2)CO1.